The number of nitrogens with zero attached hydrogens (tertiary/aromatic N) is 2. The lowest BCUT2D eigenvalue weighted by Crippen LogP contribution is -2.35. The molecule has 1 fully saturated rings. The van der Waals surface area contributed by atoms with Crippen molar-refractivity contribution in [2.24, 2.45) is 5.92 Å². The average Bonchev–Trinajstić information content (AvgIpc) is 2.82. The van der Waals surface area contributed by atoms with Crippen molar-refractivity contribution in [2.45, 2.75) is 39.3 Å². The lowest BCUT2D eigenvalue weighted by Gasteiger charge is -2.21. The molecule has 1 saturated heterocycles. The van der Waals surface area contributed by atoms with Gasteiger partial charge in [-0.2, -0.15) is 0 Å². The second kappa shape index (κ2) is 7.42. The number of carbonyl (C=O) groups excluding carboxylic acids is 1. The van der Waals surface area contributed by atoms with E-state index in [0.29, 0.717) is 12.5 Å². The summed E-state index contributed by atoms with van der Waals surface area (Å²) in [6.45, 7) is 9.26. The summed E-state index contributed by atoms with van der Waals surface area (Å²) in [5.74, 6) is 0.484. The number of halogens is 1. The molecule has 1 aliphatic rings. The zero-order valence-corrected chi connectivity index (χ0v) is 15.0. The van der Waals surface area contributed by atoms with Crippen LogP contribution >= 0.6 is 15.9 Å². The van der Waals surface area contributed by atoms with E-state index in [0.717, 1.165) is 30.7 Å². The summed E-state index contributed by atoms with van der Waals surface area (Å²) in [4.78, 5) is 18.2. The van der Waals surface area contributed by atoms with Crippen molar-refractivity contribution in [2.75, 3.05) is 19.6 Å². The van der Waals surface area contributed by atoms with Crippen molar-refractivity contribution in [3.63, 3.8) is 0 Å². The summed E-state index contributed by atoms with van der Waals surface area (Å²) < 4.78 is 6.13. The second-order valence-electron chi connectivity index (χ2n) is 6.76. The largest absolute Gasteiger partial charge is 0.444 e. The van der Waals surface area contributed by atoms with Crippen molar-refractivity contribution in [1.29, 1.82) is 0 Å². The van der Waals surface area contributed by atoms with Crippen LogP contribution in [0.1, 0.15) is 32.8 Å². The van der Waals surface area contributed by atoms with Gasteiger partial charge in [0.05, 0.1) is 0 Å². The lowest BCUT2D eigenvalue weighted by molar-refractivity contribution is 0.0519. The molecule has 2 rings (SSSR count). The van der Waals surface area contributed by atoms with E-state index in [4.69, 9.17) is 4.74 Å². The summed E-state index contributed by atoms with van der Waals surface area (Å²) >= 11 is 3.40. The second-order valence-corrected chi connectivity index (χ2v) is 7.57. The van der Waals surface area contributed by atoms with Gasteiger partial charge >= 0.3 is 6.09 Å². The van der Waals surface area contributed by atoms with Crippen LogP contribution in [0.15, 0.2) is 22.9 Å². The molecule has 1 amide bonds. The van der Waals surface area contributed by atoms with E-state index in [-0.39, 0.29) is 6.09 Å². The molecule has 6 heteroatoms. The Labute approximate surface area is 140 Å². The Morgan fingerprint density at radius 1 is 1.55 bits per heavy atom. The maximum Gasteiger partial charge on any atom is 0.407 e. The van der Waals surface area contributed by atoms with E-state index in [9.17, 15) is 4.79 Å². The number of amides is 1. The maximum atomic E-state index is 11.7. The standard InChI is InChI=1S/C16H24BrN3O2/c1-16(2,3)22-15(21)19-9-13-5-7-20(11-13)10-12-4-6-18-14(17)8-12/h4,6,8,13H,5,7,9-11H2,1-3H3,(H,19,21)/t13-/m1/s1. The predicted octanol–water partition coefficient (Wildman–Crippen LogP) is 3.19. The number of alkyl carbamates (subject to hydrolysis) is 1. The maximum absolute atomic E-state index is 11.7. The molecule has 5 nitrogen and oxygen atoms in total. The van der Waals surface area contributed by atoms with Crippen molar-refractivity contribution in [1.82, 2.24) is 15.2 Å². The summed E-state index contributed by atoms with van der Waals surface area (Å²) in [6.07, 6.45) is 2.59. The highest BCUT2D eigenvalue weighted by Gasteiger charge is 2.24. The van der Waals surface area contributed by atoms with Crippen LogP contribution in [0.5, 0.6) is 0 Å². The number of rotatable bonds is 4. The van der Waals surface area contributed by atoms with E-state index in [2.05, 4.69) is 31.1 Å². The first kappa shape index (κ1) is 17.2. The third-order valence-corrected chi connectivity index (χ3v) is 3.93. The lowest BCUT2D eigenvalue weighted by atomic mass is 10.1. The first-order valence-corrected chi connectivity index (χ1v) is 8.41. The average molecular weight is 370 g/mol. The first-order chi connectivity index (χ1) is 10.3. The molecule has 1 atom stereocenters. The molecular formula is C16H24BrN3O2. The SMILES string of the molecule is CC(C)(C)OC(=O)NC[C@H]1CCN(Cc2ccnc(Br)c2)C1. The fraction of sp³-hybridized carbons (Fsp3) is 0.625. The van der Waals surface area contributed by atoms with E-state index in [1.165, 1.54) is 5.56 Å². The van der Waals surface area contributed by atoms with Gasteiger partial charge in [0.25, 0.3) is 0 Å². The molecule has 1 N–H and O–H groups in total. The van der Waals surface area contributed by atoms with E-state index in [1.54, 1.807) is 0 Å². The van der Waals surface area contributed by atoms with Crippen LogP contribution in [0, 0.1) is 5.92 Å². The van der Waals surface area contributed by atoms with Gasteiger partial charge in [-0.15, -0.1) is 0 Å². The molecule has 0 spiro atoms. The molecule has 1 aromatic heterocycles. The van der Waals surface area contributed by atoms with Gasteiger partial charge in [0.2, 0.25) is 0 Å². The molecular weight excluding hydrogens is 346 g/mol. The molecule has 0 aromatic carbocycles. The monoisotopic (exact) mass is 369 g/mol. The molecule has 22 heavy (non-hydrogen) atoms. The first-order valence-electron chi connectivity index (χ1n) is 7.61. The van der Waals surface area contributed by atoms with Gasteiger partial charge in [-0.3, -0.25) is 4.90 Å². The molecule has 0 unspecified atom stereocenters. The zero-order valence-electron chi connectivity index (χ0n) is 13.4. The van der Waals surface area contributed by atoms with Gasteiger partial charge in [-0.05, 0) is 73.3 Å². The summed E-state index contributed by atoms with van der Waals surface area (Å²) in [6, 6.07) is 4.09. The van der Waals surface area contributed by atoms with Gasteiger partial charge in [0.1, 0.15) is 10.2 Å². The Kier molecular flexibility index (Phi) is 5.81. The number of hydrogen-bond acceptors (Lipinski definition) is 4. The van der Waals surface area contributed by atoms with Crippen LogP contribution in [0.2, 0.25) is 0 Å². The number of carbonyl (C=O) groups is 1. The minimum absolute atomic E-state index is 0.330. The van der Waals surface area contributed by atoms with Crippen LogP contribution in [-0.4, -0.2) is 41.2 Å². The number of pyridine rings is 1. The summed E-state index contributed by atoms with van der Waals surface area (Å²) in [7, 11) is 0. The van der Waals surface area contributed by atoms with Crippen molar-refractivity contribution in [3.05, 3.63) is 28.5 Å². The smallest absolute Gasteiger partial charge is 0.407 e. The van der Waals surface area contributed by atoms with Crippen molar-refractivity contribution < 1.29 is 9.53 Å². The van der Waals surface area contributed by atoms with Crippen LogP contribution in [0.25, 0.3) is 0 Å². The molecule has 1 aliphatic heterocycles. The highest BCUT2D eigenvalue weighted by Crippen LogP contribution is 2.19. The normalized spacial score (nSPS) is 19.2. The van der Waals surface area contributed by atoms with Crippen molar-refractivity contribution >= 4 is 22.0 Å². The van der Waals surface area contributed by atoms with Gasteiger partial charge in [-0.25, -0.2) is 9.78 Å². The fourth-order valence-corrected chi connectivity index (χ4v) is 2.98. The molecule has 2 heterocycles. The molecule has 0 radical (unpaired) electrons. The third kappa shape index (κ3) is 5.93. The van der Waals surface area contributed by atoms with Gasteiger partial charge in [0.15, 0.2) is 0 Å². The van der Waals surface area contributed by atoms with E-state index >= 15 is 0 Å². The molecule has 0 aliphatic carbocycles. The Morgan fingerprint density at radius 3 is 3.00 bits per heavy atom. The fourth-order valence-electron chi connectivity index (χ4n) is 2.56. The van der Waals surface area contributed by atoms with Crippen LogP contribution in [0.4, 0.5) is 4.79 Å². The van der Waals surface area contributed by atoms with Crippen LogP contribution < -0.4 is 5.32 Å². The van der Waals surface area contributed by atoms with Gasteiger partial charge in [0, 0.05) is 25.8 Å². The summed E-state index contributed by atoms with van der Waals surface area (Å²) in [5.41, 5.74) is 0.809. The highest BCUT2D eigenvalue weighted by atomic mass is 79.9. The Hall–Kier alpha value is -1.14. The molecule has 122 valence electrons. The third-order valence-electron chi connectivity index (χ3n) is 3.50. The molecule has 0 bridgehead atoms. The Bertz CT molecular complexity index is 516. The number of aromatic nitrogens is 1. The predicted molar refractivity (Wildman–Crippen MR) is 89.6 cm³/mol. The number of nitrogens with one attached hydrogen (secondary N) is 1. The van der Waals surface area contributed by atoms with E-state index in [1.807, 2.05) is 39.1 Å². The summed E-state index contributed by atoms with van der Waals surface area (Å²) in [5, 5.41) is 2.87. The quantitative estimate of drug-likeness (QED) is 0.828. The van der Waals surface area contributed by atoms with Crippen LogP contribution in [0.3, 0.4) is 0 Å². The van der Waals surface area contributed by atoms with Gasteiger partial charge < -0.3 is 10.1 Å². The minimum Gasteiger partial charge on any atom is -0.444 e. The van der Waals surface area contributed by atoms with Crippen LogP contribution in [-0.2, 0) is 11.3 Å². The van der Waals surface area contributed by atoms with E-state index < -0.39 is 5.60 Å². The number of likely N-dealkylation sites (tertiary alicyclic amines) is 1. The minimum atomic E-state index is -0.444. The number of ether oxygens (including phenoxy) is 1. The topological polar surface area (TPSA) is 54.5 Å². The van der Waals surface area contributed by atoms with Gasteiger partial charge in [-0.1, -0.05) is 0 Å². The zero-order chi connectivity index (χ0) is 16.2. The molecule has 1 aromatic rings. The highest BCUT2D eigenvalue weighted by molar-refractivity contribution is 9.10. The number of hydrogen-bond donors (Lipinski definition) is 1. The van der Waals surface area contributed by atoms with Crippen molar-refractivity contribution in [3.8, 4) is 0 Å². The Morgan fingerprint density at radius 2 is 2.32 bits per heavy atom. The Balaban J connectivity index is 1.73. The molecule has 0 saturated carbocycles.